The number of rotatable bonds is 0. The second-order valence-electron chi connectivity index (χ2n) is 5.25. The number of benzene rings is 1. The molecule has 1 nitrogen and oxygen atoms in total. The van der Waals surface area contributed by atoms with Gasteiger partial charge in [-0.05, 0) is 36.8 Å². The van der Waals surface area contributed by atoms with Crippen molar-refractivity contribution in [1.82, 2.24) is 0 Å². The lowest BCUT2D eigenvalue weighted by atomic mass is 9.70. The normalized spacial score (nSPS) is 27.9. The minimum absolute atomic E-state index is 0.0707. The fourth-order valence-corrected chi connectivity index (χ4v) is 3.42. The van der Waals surface area contributed by atoms with Crippen molar-refractivity contribution < 1.29 is 5.11 Å². The Morgan fingerprint density at radius 3 is 2.33 bits per heavy atom. The Bertz CT molecular complexity index is 344. The minimum Gasteiger partial charge on any atom is -0.393 e. The molecule has 0 bridgehead atoms. The number of aliphatic hydroxyl groups excluding tert-OH is 1. The van der Waals surface area contributed by atoms with E-state index in [1.165, 1.54) is 30.4 Å². The van der Waals surface area contributed by atoms with Crippen molar-refractivity contribution in [2.24, 2.45) is 5.41 Å². The highest BCUT2D eigenvalue weighted by Gasteiger charge is 2.43. The van der Waals surface area contributed by atoms with Gasteiger partial charge in [-0.15, -0.1) is 0 Å². The van der Waals surface area contributed by atoms with Crippen LogP contribution in [0.2, 0.25) is 0 Å². The topological polar surface area (TPSA) is 20.2 Å². The summed E-state index contributed by atoms with van der Waals surface area (Å²) in [5, 5.41) is 10.2. The van der Waals surface area contributed by atoms with Gasteiger partial charge in [0.25, 0.3) is 0 Å². The zero-order valence-electron chi connectivity index (χ0n) is 9.08. The molecule has 1 spiro atoms. The van der Waals surface area contributed by atoms with Gasteiger partial charge in [-0.1, -0.05) is 37.1 Å². The molecule has 3 rings (SSSR count). The summed E-state index contributed by atoms with van der Waals surface area (Å²) in [6, 6.07) is 8.69. The molecule has 0 amide bonds. The van der Waals surface area contributed by atoms with Crippen molar-refractivity contribution in [2.75, 3.05) is 0 Å². The van der Waals surface area contributed by atoms with Crippen LogP contribution >= 0.6 is 0 Å². The van der Waals surface area contributed by atoms with E-state index in [0.29, 0.717) is 0 Å². The molecule has 0 unspecified atom stereocenters. The average Bonchev–Trinajstić information content (AvgIpc) is 2.62. The van der Waals surface area contributed by atoms with E-state index < -0.39 is 0 Å². The van der Waals surface area contributed by atoms with E-state index in [0.717, 1.165) is 19.3 Å². The molecular weight excluding hydrogens is 184 g/mol. The minimum atomic E-state index is -0.0707. The monoisotopic (exact) mass is 202 g/mol. The van der Waals surface area contributed by atoms with Crippen LogP contribution < -0.4 is 0 Å². The van der Waals surface area contributed by atoms with Gasteiger partial charge >= 0.3 is 0 Å². The van der Waals surface area contributed by atoms with Gasteiger partial charge in [-0.25, -0.2) is 0 Å². The van der Waals surface area contributed by atoms with E-state index in [2.05, 4.69) is 24.3 Å². The van der Waals surface area contributed by atoms with Gasteiger partial charge in [0.2, 0.25) is 0 Å². The fraction of sp³-hybridized carbons (Fsp3) is 0.571. The highest BCUT2D eigenvalue weighted by atomic mass is 16.3. The lowest BCUT2D eigenvalue weighted by Crippen LogP contribution is -2.38. The maximum atomic E-state index is 10.2. The summed E-state index contributed by atoms with van der Waals surface area (Å²) in [4.78, 5) is 0. The number of hydrogen-bond donors (Lipinski definition) is 1. The zero-order chi connectivity index (χ0) is 10.3. The predicted molar refractivity (Wildman–Crippen MR) is 60.8 cm³/mol. The van der Waals surface area contributed by atoms with E-state index >= 15 is 0 Å². The van der Waals surface area contributed by atoms with Gasteiger partial charge in [0.05, 0.1) is 6.10 Å². The molecule has 1 heteroatoms. The van der Waals surface area contributed by atoms with E-state index in [-0.39, 0.29) is 11.5 Å². The van der Waals surface area contributed by atoms with Crippen molar-refractivity contribution in [2.45, 2.75) is 44.6 Å². The SMILES string of the molecule is O[C@@H]1CCCCC12Cc1ccccc1C2. The van der Waals surface area contributed by atoms with Crippen molar-refractivity contribution in [3.63, 3.8) is 0 Å². The van der Waals surface area contributed by atoms with Crippen molar-refractivity contribution >= 4 is 0 Å². The summed E-state index contributed by atoms with van der Waals surface area (Å²) in [6.07, 6.45) is 6.86. The number of aliphatic hydroxyl groups is 1. The first-order valence-corrected chi connectivity index (χ1v) is 6.05. The molecule has 2 aliphatic rings. The summed E-state index contributed by atoms with van der Waals surface area (Å²) in [6.45, 7) is 0. The van der Waals surface area contributed by atoms with Crippen molar-refractivity contribution in [3.8, 4) is 0 Å². The first-order chi connectivity index (χ1) is 7.30. The Morgan fingerprint density at radius 2 is 1.73 bits per heavy atom. The highest BCUT2D eigenvalue weighted by molar-refractivity contribution is 5.35. The van der Waals surface area contributed by atoms with E-state index in [1.807, 2.05) is 0 Å². The maximum Gasteiger partial charge on any atom is 0.0602 e. The van der Waals surface area contributed by atoms with Gasteiger partial charge in [-0.3, -0.25) is 0 Å². The Labute approximate surface area is 91.1 Å². The van der Waals surface area contributed by atoms with Crippen LogP contribution in [0.25, 0.3) is 0 Å². The molecule has 15 heavy (non-hydrogen) atoms. The summed E-state index contributed by atoms with van der Waals surface area (Å²) in [7, 11) is 0. The van der Waals surface area contributed by atoms with Crippen LogP contribution in [0.15, 0.2) is 24.3 Å². The first-order valence-electron chi connectivity index (χ1n) is 6.05. The molecule has 0 aromatic heterocycles. The molecular formula is C14H18O. The quantitative estimate of drug-likeness (QED) is 0.686. The van der Waals surface area contributed by atoms with Crippen molar-refractivity contribution in [1.29, 1.82) is 0 Å². The fourth-order valence-electron chi connectivity index (χ4n) is 3.42. The summed E-state index contributed by atoms with van der Waals surface area (Å²) >= 11 is 0. The predicted octanol–water partition coefficient (Wildman–Crippen LogP) is 2.71. The molecule has 2 aliphatic carbocycles. The Kier molecular flexibility index (Phi) is 2.10. The zero-order valence-corrected chi connectivity index (χ0v) is 9.08. The summed E-state index contributed by atoms with van der Waals surface area (Å²) in [5.74, 6) is 0. The third-order valence-electron chi connectivity index (χ3n) is 4.31. The van der Waals surface area contributed by atoms with Crippen LogP contribution in [0.4, 0.5) is 0 Å². The molecule has 1 aromatic rings. The van der Waals surface area contributed by atoms with Crippen LogP contribution in [0.1, 0.15) is 36.8 Å². The van der Waals surface area contributed by atoms with Gasteiger partial charge in [-0.2, -0.15) is 0 Å². The molecule has 0 aliphatic heterocycles. The lowest BCUT2D eigenvalue weighted by molar-refractivity contribution is -0.00508. The van der Waals surface area contributed by atoms with Crippen LogP contribution in [0.3, 0.4) is 0 Å². The molecule has 1 aromatic carbocycles. The van der Waals surface area contributed by atoms with Crippen LogP contribution in [0.5, 0.6) is 0 Å². The van der Waals surface area contributed by atoms with Gasteiger partial charge in [0, 0.05) is 5.41 Å². The highest BCUT2D eigenvalue weighted by Crippen LogP contribution is 2.47. The molecule has 0 radical (unpaired) electrons. The standard InChI is InChI=1S/C14H18O/c15-13-7-3-4-8-14(13)9-11-5-1-2-6-12(11)10-14/h1-2,5-6,13,15H,3-4,7-10H2/t13-/m1/s1. The number of hydrogen-bond acceptors (Lipinski definition) is 1. The lowest BCUT2D eigenvalue weighted by Gasteiger charge is -2.38. The van der Waals surface area contributed by atoms with Crippen molar-refractivity contribution in [3.05, 3.63) is 35.4 Å². The Morgan fingerprint density at radius 1 is 1.07 bits per heavy atom. The Balaban J connectivity index is 1.93. The molecule has 80 valence electrons. The van der Waals surface area contributed by atoms with Gasteiger partial charge < -0.3 is 5.11 Å². The van der Waals surface area contributed by atoms with E-state index in [4.69, 9.17) is 0 Å². The molecule has 1 atom stereocenters. The molecule has 1 saturated carbocycles. The third-order valence-corrected chi connectivity index (χ3v) is 4.31. The summed E-state index contributed by atoms with van der Waals surface area (Å²) < 4.78 is 0. The molecule has 1 fully saturated rings. The maximum absolute atomic E-state index is 10.2. The van der Waals surface area contributed by atoms with Gasteiger partial charge in [0.1, 0.15) is 0 Å². The number of fused-ring (bicyclic) bond motifs is 1. The van der Waals surface area contributed by atoms with Crippen LogP contribution in [-0.4, -0.2) is 11.2 Å². The smallest absolute Gasteiger partial charge is 0.0602 e. The van der Waals surface area contributed by atoms with E-state index in [9.17, 15) is 5.11 Å². The van der Waals surface area contributed by atoms with Gasteiger partial charge in [0.15, 0.2) is 0 Å². The second kappa shape index (κ2) is 3.34. The van der Waals surface area contributed by atoms with Crippen LogP contribution in [0, 0.1) is 5.41 Å². The largest absolute Gasteiger partial charge is 0.393 e. The molecule has 0 heterocycles. The van der Waals surface area contributed by atoms with E-state index in [1.54, 1.807) is 0 Å². The summed E-state index contributed by atoms with van der Waals surface area (Å²) in [5.41, 5.74) is 3.14. The van der Waals surface area contributed by atoms with Crippen LogP contribution in [-0.2, 0) is 12.8 Å². The third kappa shape index (κ3) is 1.41. The molecule has 0 saturated heterocycles. The average molecular weight is 202 g/mol. The Hall–Kier alpha value is -0.820. The first kappa shape index (κ1) is 9.41. The molecule has 1 N–H and O–H groups in total. The second-order valence-corrected chi connectivity index (χ2v) is 5.25.